The lowest BCUT2D eigenvalue weighted by Gasteiger charge is -1.95. The number of azo groups is 1. The molecule has 0 atom stereocenters. The summed E-state index contributed by atoms with van der Waals surface area (Å²) in [6.07, 6.45) is 0.362. The van der Waals surface area contributed by atoms with Gasteiger partial charge in [-0.3, -0.25) is 0 Å². The van der Waals surface area contributed by atoms with Crippen LogP contribution in [0.4, 0.5) is 4.79 Å². The van der Waals surface area contributed by atoms with Gasteiger partial charge in [-0.25, -0.2) is 9.59 Å². The van der Waals surface area contributed by atoms with Crippen molar-refractivity contribution in [2.24, 2.45) is 10.2 Å². The molecule has 0 aliphatic rings. The molecule has 0 rings (SSSR count). The van der Waals surface area contributed by atoms with Gasteiger partial charge in [0.1, 0.15) is 0 Å². The molecule has 84 valence electrons. The summed E-state index contributed by atoms with van der Waals surface area (Å²) in [5, 5.41) is 6.69. The quantitative estimate of drug-likeness (QED) is 0.407. The van der Waals surface area contributed by atoms with E-state index in [1.165, 1.54) is 6.92 Å². The molecule has 6 heteroatoms. The SMILES string of the molecule is CCOC(=O)/C=C(C)/N=N\C(=O)OCC. The van der Waals surface area contributed by atoms with Gasteiger partial charge in [-0.1, -0.05) is 5.11 Å². The van der Waals surface area contributed by atoms with Crippen molar-refractivity contribution in [2.45, 2.75) is 20.8 Å². The Hall–Kier alpha value is -1.72. The van der Waals surface area contributed by atoms with Gasteiger partial charge < -0.3 is 9.47 Å². The van der Waals surface area contributed by atoms with Crippen LogP contribution in [0.3, 0.4) is 0 Å². The van der Waals surface area contributed by atoms with E-state index in [1.807, 2.05) is 0 Å². The molecule has 0 unspecified atom stereocenters. The van der Waals surface area contributed by atoms with Crippen LogP contribution in [0.15, 0.2) is 22.0 Å². The third-order valence-electron chi connectivity index (χ3n) is 1.17. The van der Waals surface area contributed by atoms with Crippen LogP contribution in [-0.4, -0.2) is 25.3 Å². The van der Waals surface area contributed by atoms with Crippen LogP contribution in [0.1, 0.15) is 20.8 Å². The number of amides is 1. The lowest BCUT2D eigenvalue weighted by Crippen LogP contribution is -2.00. The van der Waals surface area contributed by atoms with Crippen LogP contribution in [0.25, 0.3) is 0 Å². The highest BCUT2D eigenvalue weighted by Crippen LogP contribution is 1.98. The van der Waals surface area contributed by atoms with Crippen LogP contribution in [-0.2, 0) is 14.3 Å². The number of carbonyl (C=O) groups is 2. The van der Waals surface area contributed by atoms with Crippen LogP contribution >= 0.6 is 0 Å². The first-order valence-corrected chi connectivity index (χ1v) is 4.53. The molecule has 0 bridgehead atoms. The van der Waals surface area contributed by atoms with Crippen molar-refractivity contribution in [3.05, 3.63) is 11.8 Å². The Kier molecular flexibility index (Phi) is 6.78. The second-order valence-corrected chi connectivity index (χ2v) is 2.44. The van der Waals surface area contributed by atoms with Gasteiger partial charge >= 0.3 is 12.1 Å². The first-order chi connectivity index (χ1) is 7.10. The van der Waals surface area contributed by atoms with E-state index in [0.29, 0.717) is 0 Å². The summed E-state index contributed by atoms with van der Waals surface area (Å²) in [6, 6.07) is 0. The predicted molar refractivity (Wildman–Crippen MR) is 52.3 cm³/mol. The number of ether oxygens (including phenoxy) is 2. The van der Waals surface area contributed by atoms with Crippen molar-refractivity contribution in [1.82, 2.24) is 0 Å². The molecule has 1 amide bonds. The summed E-state index contributed by atoms with van der Waals surface area (Å²) in [5.74, 6) is -0.516. The molecule has 0 aliphatic carbocycles. The van der Waals surface area contributed by atoms with Crippen molar-refractivity contribution >= 4 is 12.1 Å². The number of hydrogen-bond acceptors (Lipinski definition) is 5. The van der Waals surface area contributed by atoms with E-state index in [2.05, 4.69) is 19.7 Å². The maximum absolute atomic E-state index is 10.9. The lowest BCUT2D eigenvalue weighted by molar-refractivity contribution is -0.137. The maximum atomic E-state index is 10.9. The fourth-order valence-electron chi connectivity index (χ4n) is 0.655. The van der Waals surface area contributed by atoms with E-state index in [9.17, 15) is 9.59 Å². The Balaban J connectivity index is 4.16. The lowest BCUT2D eigenvalue weighted by atomic mass is 10.4. The van der Waals surface area contributed by atoms with Gasteiger partial charge in [-0.15, -0.1) is 5.11 Å². The van der Waals surface area contributed by atoms with Crippen molar-refractivity contribution in [3.8, 4) is 0 Å². The van der Waals surface area contributed by atoms with Crippen LogP contribution in [0.2, 0.25) is 0 Å². The highest BCUT2D eigenvalue weighted by Gasteiger charge is 1.99. The monoisotopic (exact) mass is 214 g/mol. The normalized spacial score (nSPS) is 11.5. The number of rotatable bonds is 4. The molecule has 0 heterocycles. The molecule has 15 heavy (non-hydrogen) atoms. The number of esters is 1. The number of nitrogens with zero attached hydrogens (tertiary/aromatic N) is 2. The minimum absolute atomic E-state index is 0.235. The molecule has 0 spiro atoms. The Morgan fingerprint density at radius 3 is 2.27 bits per heavy atom. The Morgan fingerprint density at radius 1 is 1.13 bits per heavy atom. The zero-order valence-corrected chi connectivity index (χ0v) is 9.02. The summed E-state index contributed by atoms with van der Waals surface area (Å²) >= 11 is 0. The smallest absolute Gasteiger partial charge is 0.452 e. The van der Waals surface area contributed by atoms with Crippen LogP contribution in [0, 0.1) is 0 Å². The number of hydrogen-bond donors (Lipinski definition) is 0. The topological polar surface area (TPSA) is 77.3 Å². The first-order valence-electron chi connectivity index (χ1n) is 4.53. The summed E-state index contributed by atoms with van der Waals surface area (Å²) in [5.41, 5.74) is 0.279. The average Bonchev–Trinajstić information content (AvgIpc) is 2.15. The molecule has 0 aromatic rings. The molecule has 0 fully saturated rings. The van der Waals surface area contributed by atoms with Crippen molar-refractivity contribution < 1.29 is 19.1 Å². The number of allylic oxidation sites excluding steroid dienone is 1. The van der Waals surface area contributed by atoms with Crippen molar-refractivity contribution in [1.29, 1.82) is 0 Å². The molecule has 0 aromatic heterocycles. The van der Waals surface area contributed by atoms with Gasteiger partial charge in [-0.05, 0) is 20.8 Å². The van der Waals surface area contributed by atoms with Gasteiger partial charge in [0, 0.05) is 6.08 Å². The first kappa shape index (κ1) is 13.3. The fourth-order valence-corrected chi connectivity index (χ4v) is 0.655. The minimum atomic E-state index is -0.783. The van der Waals surface area contributed by atoms with E-state index < -0.39 is 12.1 Å². The van der Waals surface area contributed by atoms with Gasteiger partial charge in [0.15, 0.2) is 0 Å². The fraction of sp³-hybridized carbons (Fsp3) is 0.556. The van der Waals surface area contributed by atoms with Crippen LogP contribution in [0.5, 0.6) is 0 Å². The molecule has 0 N–H and O–H groups in total. The highest BCUT2D eigenvalue weighted by molar-refractivity contribution is 5.82. The van der Waals surface area contributed by atoms with E-state index in [1.54, 1.807) is 13.8 Å². The standard InChI is InChI=1S/C9H14N2O4/c1-4-14-8(12)6-7(3)10-11-9(13)15-5-2/h6H,4-5H2,1-3H3/b7-6+,11-10-. The molecule has 6 nitrogen and oxygen atoms in total. The van der Waals surface area contributed by atoms with E-state index in [4.69, 9.17) is 0 Å². The summed E-state index contributed by atoms with van der Waals surface area (Å²) in [7, 11) is 0. The molecular formula is C9H14N2O4. The zero-order valence-electron chi connectivity index (χ0n) is 9.02. The molecule has 0 radical (unpaired) electrons. The summed E-state index contributed by atoms with van der Waals surface area (Å²) in [6.45, 7) is 5.41. The van der Waals surface area contributed by atoms with Gasteiger partial charge in [0.2, 0.25) is 0 Å². The summed E-state index contributed by atoms with van der Waals surface area (Å²) < 4.78 is 9.14. The number of carbonyl (C=O) groups excluding carboxylic acids is 2. The molecule has 0 aliphatic heterocycles. The Morgan fingerprint density at radius 2 is 1.73 bits per heavy atom. The minimum Gasteiger partial charge on any atom is -0.463 e. The zero-order chi connectivity index (χ0) is 11.7. The second kappa shape index (κ2) is 7.66. The molecule has 0 aromatic carbocycles. The molecule has 0 saturated carbocycles. The predicted octanol–water partition coefficient (Wildman–Crippen LogP) is 2.06. The molecular weight excluding hydrogens is 200 g/mol. The maximum Gasteiger partial charge on any atom is 0.452 e. The molecule has 0 saturated heterocycles. The van der Waals surface area contributed by atoms with Gasteiger partial charge in [-0.2, -0.15) is 0 Å². The Labute approximate surface area is 88.0 Å². The second-order valence-electron chi connectivity index (χ2n) is 2.44. The van der Waals surface area contributed by atoms with Gasteiger partial charge in [0.25, 0.3) is 0 Å². The van der Waals surface area contributed by atoms with E-state index in [-0.39, 0.29) is 18.9 Å². The largest absolute Gasteiger partial charge is 0.463 e. The van der Waals surface area contributed by atoms with Crippen molar-refractivity contribution in [3.63, 3.8) is 0 Å². The average molecular weight is 214 g/mol. The van der Waals surface area contributed by atoms with Crippen molar-refractivity contribution in [2.75, 3.05) is 13.2 Å². The summed E-state index contributed by atoms with van der Waals surface area (Å²) in [4.78, 5) is 21.6. The highest BCUT2D eigenvalue weighted by atomic mass is 16.5. The van der Waals surface area contributed by atoms with Crippen LogP contribution < -0.4 is 0 Å². The van der Waals surface area contributed by atoms with Gasteiger partial charge in [0.05, 0.1) is 18.9 Å². The van der Waals surface area contributed by atoms with E-state index >= 15 is 0 Å². The third kappa shape index (κ3) is 7.36. The third-order valence-corrected chi connectivity index (χ3v) is 1.17. The van der Waals surface area contributed by atoms with E-state index in [0.717, 1.165) is 6.08 Å². The Bertz CT molecular complexity index is 284.